The molecule has 3 N–H and O–H groups in total. The van der Waals surface area contributed by atoms with E-state index in [-0.39, 0.29) is 25.2 Å². The lowest BCUT2D eigenvalue weighted by Crippen LogP contribution is -2.45. The van der Waals surface area contributed by atoms with Gasteiger partial charge >= 0.3 is 6.03 Å². The Labute approximate surface area is 125 Å². The van der Waals surface area contributed by atoms with Crippen LogP contribution in [0, 0.1) is 13.8 Å². The number of carbonyl (C=O) groups is 1. The Morgan fingerprint density at radius 1 is 1.38 bits per heavy atom. The van der Waals surface area contributed by atoms with Crippen molar-refractivity contribution >= 4 is 16.1 Å². The average molecular weight is 317 g/mol. The fraction of sp³-hybridized carbons (Fsp3) is 0.667. The predicted molar refractivity (Wildman–Crippen MR) is 80.5 cm³/mol. The summed E-state index contributed by atoms with van der Waals surface area (Å²) >= 11 is 0. The topological polar surface area (TPSA) is 105 Å². The maximum Gasteiger partial charge on any atom is 0.315 e. The zero-order valence-corrected chi connectivity index (χ0v) is 13.6. The molecule has 2 amide bonds. The summed E-state index contributed by atoms with van der Waals surface area (Å²) in [5.74, 6) is 0. The Kier molecular flexibility index (Phi) is 6.16. The molecular weight excluding hydrogens is 294 g/mol. The summed E-state index contributed by atoms with van der Waals surface area (Å²) < 4.78 is 25.8. The summed E-state index contributed by atoms with van der Waals surface area (Å²) in [5, 5.41) is 9.69. The second kappa shape index (κ2) is 7.41. The number of sulfonamides is 1. The number of aromatic nitrogens is 2. The van der Waals surface area contributed by atoms with Crippen LogP contribution in [0.1, 0.15) is 18.3 Å². The van der Waals surface area contributed by atoms with E-state index in [2.05, 4.69) is 20.5 Å². The molecule has 0 radical (unpaired) electrons. The molecule has 0 bridgehead atoms. The van der Waals surface area contributed by atoms with E-state index >= 15 is 0 Å². The molecule has 1 aromatic heterocycles. The average Bonchev–Trinajstić information content (AvgIpc) is 2.62. The first-order valence-corrected chi connectivity index (χ1v) is 8.56. The Hall–Kier alpha value is -1.61. The highest BCUT2D eigenvalue weighted by Gasteiger charge is 2.10. The quantitative estimate of drug-likeness (QED) is 0.602. The number of carbonyl (C=O) groups excluding carboxylic acids is 1. The van der Waals surface area contributed by atoms with Gasteiger partial charge in [0.1, 0.15) is 0 Å². The number of nitrogens with zero attached hydrogens (tertiary/aromatic N) is 2. The standard InChI is InChI=1S/C12H23N5O3S/c1-9-7-11(3)17(16-9)8-10(2)15-12(18)13-5-6-14-21(4,19)20/h7,10,14H,5-6,8H2,1-4H3,(H2,13,15,18). The predicted octanol–water partition coefficient (Wildman–Crippen LogP) is -0.263. The van der Waals surface area contributed by atoms with E-state index in [1.807, 2.05) is 31.5 Å². The van der Waals surface area contributed by atoms with Crippen LogP contribution in [0.4, 0.5) is 4.79 Å². The zero-order chi connectivity index (χ0) is 16.0. The number of rotatable bonds is 7. The van der Waals surface area contributed by atoms with Crippen LogP contribution >= 0.6 is 0 Å². The van der Waals surface area contributed by atoms with Crippen molar-refractivity contribution in [2.45, 2.75) is 33.4 Å². The molecular formula is C12H23N5O3S. The van der Waals surface area contributed by atoms with Gasteiger partial charge in [-0.1, -0.05) is 0 Å². The molecule has 0 aromatic carbocycles. The first kappa shape index (κ1) is 17.4. The molecule has 21 heavy (non-hydrogen) atoms. The highest BCUT2D eigenvalue weighted by molar-refractivity contribution is 7.88. The molecule has 1 rings (SSSR count). The summed E-state index contributed by atoms with van der Waals surface area (Å²) in [6, 6.07) is 1.55. The fourth-order valence-electron chi connectivity index (χ4n) is 1.85. The van der Waals surface area contributed by atoms with Gasteiger partial charge < -0.3 is 10.6 Å². The van der Waals surface area contributed by atoms with Crippen LogP contribution in [0.2, 0.25) is 0 Å². The first-order valence-electron chi connectivity index (χ1n) is 6.67. The van der Waals surface area contributed by atoms with Crippen molar-refractivity contribution < 1.29 is 13.2 Å². The van der Waals surface area contributed by atoms with Crippen molar-refractivity contribution in [2.24, 2.45) is 0 Å². The molecule has 1 atom stereocenters. The van der Waals surface area contributed by atoms with Crippen molar-refractivity contribution in [3.05, 3.63) is 17.5 Å². The number of amides is 2. The van der Waals surface area contributed by atoms with Crippen LogP contribution in [-0.2, 0) is 16.6 Å². The summed E-state index contributed by atoms with van der Waals surface area (Å²) in [7, 11) is -3.22. The molecule has 1 unspecified atom stereocenters. The second-order valence-electron chi connectivity index (χ2n) is 5.08. The van der Waals surface area contributed by atoms with E-state index in [0.717, 1.165) is 17.6 Å². The molecule has 0 fully saturated rings. The minimum Gasteiger partial charge on any atom is -0.337 e. The number of hydrogen-bond donors (Lipinski definition) is 3. The van der Waals surface area contributed by atoms with E-state index in [1.165, 1.54) is 0 Å². The highest BCUT2D eigenvalue weighted by Crippen LogP contribution is 2.02. The van der Waals surface area contributed by atoms with Gasteiger partial charge in [-0.05, 0) is 26.8 Å². The van der Waals surface area contributed by atoms with E-state index in [0.29, 0.717) is 6.54 Å². The molecule has 1 heterocycles. The van der Waals surface area contributed by atoms with Crippen molar-refractivity contribution in [1.82, 2.24) is 25.1 Å². The molecule has 0 aliphatic rings. The largest absolute Gasteiger partial charge is 0.337 e. The molecule has 120 valence electrons. The van der Waals surface area contributed by atoms with Gasteiger partial charge in [0.25, 0.3) is 0 Å². The van der Waals surface area contributed by atoms with Gasteiger partial charge in [0.15, 0.2) is 0 Å². The third kappa shape index (κ3) is 7.09. The van der Waals surface area contributed by atoms with Crippen molar-refractivity contribution in [1.29, 1.82) is 0 Å². The van der Waals surface area contributed by atoms with Crippen molar-refractivity contribution in [3.8, 4) is 0 Å². The van der Waals surface area contributed by atoms with Gasteiger partial charge in [0.05, 0.1) is 18.5 Å². The van der Waals surface area contributed by atoms with Gasteiger partial charge in [0.2, 0.25) is 10.0 Å². The zero-order valence-electron chi connectivity index (χ0n) is 12.8. The summed E-state index contributed by atoms with van der Waals surface area (Å²) in [6.07, 6.45) is 1.07. The molecule has 0 aliphatic heterocycles. The van der Waals surface area contributed by atoms with Crippen LogP contribution in [0.3, 0.4) is 0 Å². The lowest BCUT2D eigenvalue weighted by atomic mass is 10.3. The van der Waals surface area contributed by atoms with Crippen molar-refractivity contribution in [2.75, 3.05) is 19.3 Å². The normalized spacial score (nSPS) is 13.0. The van der Waals surface area contributed by atoms with Gasteiger partial charge in [0, 0.05) is 24.8 Å². The summed E-state index contributed by atoms with van der Waals surface area (Å²) in [4.78, 5) is 11.6. The number of nitrogens with one attached hydrogen (secondary N) is 3. The van der Waals surface area contributed by atoms with Crippen LogP contribution < -0.4 is 15.4 Å². The van der Waals surface area contributed by atoms with Gasteiger partial charge in [-0.15, -0.1) is 0 Å². The Morgan fingerprint density at radius 2 is 2.05 bits per heavy atom. The Morgan fingerprint density at radius 3 is 2.57 bits per heavy atom. The molecule has 0 spiro atoms. The van der Waals surface area contributed by atoms with Crippen LogP contribution in [-0.4, -0.2) is 49.6 Å². The molecule has 9 heteroatoms. The summed E-state index contributed by atoms with van der Waals surface area (Å²) in [6.45, 7) is 6.73. The monoisotopic (exact) mass is 317 g/mol. The maximum atomic E-state index is 11.6. The third-order valence-corrected chi connectivity index (χ3v) is 3.43. The minimum absolute atomic E-state index is 0.0918. The van der Waals surface area contributed by atoms with Crippen molar-refractivity contribution in [3.63, 3.8) is 0 Å². The molecule has 0 saturated heterocycles. The smallest absolute Gasteiger partial charge is 0.315 e. The van der Waals surface area contributed by atoms with Crippen LogP contribution in [0.25, 0.3) is 0 Å². The molecule has 8 nitrogen and oxygen atoms in total. The third-order valence-electron chi connectivity index (χ3n) is 2.70. The number of hydrogen-bond acceptors (Lipinski definition) is 4. The lowest BCUT2D eigenvalue weighted by molar-refractivity contribution is 0.236. The van der Waals surface area contributed by atoms with E-state index in [4.69, 9.17) is 0 Å². The second-order valence-corrected chi connectivity index (χ2v) is 6.91. The maximum absolute atomic E-state index is 11.6. The van der Waals surface area contributed by atoms with Gasteiger partial charge in [-0.25, -0.2) is 17.9 Å². The van der Waals surface area contributed by atoms with Crippen LogP contribution in [0.5, 0.6) is 0 Å². The first-order chi connectivity index (χ1) is 9.67. The van der Waals surface area contributed by atoms with E-state index < -0.39 is 10.0 Å². The fourth-order valence-corrected chi connectivity index (χ4v) is 2.32. The highest BCUT2D eigenvalue weighted by atomic mass is 32.2. The van der Waals surface area contributed by atoms with E-state index in [1.54, 1.807) is 0 Å². The molecule has 1 aromatic rings. The summed E-state index contributed by atoms with van der Waals surface area (Å²) in [5.41, 5.74) is 1.98. The SMILES string of the molecule is Cc1cc(C)n(CC(C)NC(=O)NCCNS(C)(=O)=O)n1. The van der Waals surface area contributed by atoms with Gasteiger partial charge in [-0.2, -0.15) is 5.10 Å². The lowest BCUT2D eigenvalue weighted by Gasteiger charge is -2.15. The molecule has 0 aliphatic carbocycles. The molecule has 0 saturated carbocycles. The number of urea groups is 1. The van der Waals surface area contributed by atoms with Gasteiger partial charge in [-0.3, -0.25) is 4.68 Å². The van der Waals surface area contributed by atoms with E-state index in [9.17, 15) is 13.2 Å². The number of aryl methyl sites for hydroxylation is 2. The Bertz CT molecular complexity index is 582. The Balaban J connectivity index is 2.29. The minimum atomic E-state index is -3.22. The van der Waals surface area contributed by atoms with Crippen LogP contribution in [0.15, 0.2) is 6.07 Å².